The Morgan fingerprint density at radius 3 is 2.13 bits per heavy atom. The number of sulfone groups is 1. The molecule has 39 heavy (non-hydrogen) atoms. The summed E-state index contributed by atoms with van der Waals surface area (Å²) in [4.78, 5) is 32.0. The predicted molar refractivity (Wildman–Crippen MR) is 133 cm³/mol. The topological polar surface area (TPSA) is 134 Å². The minimum absolute atomic E-state index is 0.0472. The van der Waals surface area contributed by atoms with Gasteiger partial charge >= 0.3 is 11.5 Å². The van der Waals surface area contributed by atoms with E-state index in [0.717, 1.165) is 21.9 Å². The number of halogens is 3. The van der Waals surface area contributed by atoms with Crippen molar-refractivity contribution in [1.29, 1.82) is 0 Å². The second-order valence-electron chi connectivity index (χ2n) is 9.04. The van der Waals surface area contributed by atoms with Gasteiger partial charge in [-0.05, 0) is 54.8 Å². The Morgan fingerprint density at radius 1 is 0.949 bits per heavy atom. The fourth-order valence-corrected chi connectivity index (χ4v) is 6.42. The van der Waals surface area contributed by atoms with E-state index in [1.807, 2.05) is 0 Å². The van der Waals surface area contributed by atoms with Gasteiger partial charge in [0, 0.05) is 6.20 Å². The molecule has 2 unspecified atom stereocenters. The molecule has 1 N–H and O–H groups in total. The summed E-state index contributed by atoms with van der Waals surface area (Å²) >= 11 is 0. The van der Waals surface area contributed by atoms with Crippen molar-refractivity contribution in [3.63, 3.8) is 0 Å². The molecule has 1 spiro atoms. The molecule has 2 heterocycles. The lowest BCUT2D eigenvalue weighted by Gasteiger charge is -2.25. The Balaban J connectivity index is 1.54. The molecule has 2 aliphatic rings. The lowest BCUT2D eigenvalue weighted by atomic mass is 10.1. The van der Waals surface area contributed by atoms with Crippen molar-refractivity contribution in [3.8, 4) is 0 Å². The number of rotatable bonds is 6. The molecule has 3 amide bonds. The van der Waals surface area contributed by atoms with Gasteiger partial charge in [0.25, 0.3) is 25.8 Å². The molecular formula is C24H19F3N4O6S2. The molecule has 2 fully saturated rings. The van der Waals surface area contributed by atoms with Crippen molar-refractivity contribution in [3.05, 3.63) is 73.1 Å². The summed E-state index contributed by atoms with van der Waals surface area (Å²) in [5.41, 5.74) is -7.07. The Labute approximate surface area is 221 Å². The molecule has 10 nitrogen and oxygen atoms in total. The fraction of sp³-hybridized carbons (Fsp3) is 0.208. The summed E-state index contributed by atoms with van der Waals surface area (Å²) in [6.07, 6.45) is 2.74. The molecule has 204 valence electrons. The smallest absolute Gasteiger partial charge is 0.276 e. The molecule has 3 aromatic rings. The summed E-state index contributed by atoms with van der Waals surface area (Å²) in [6.45, 7) is 1.72. The van der Waals surface area contributed by atoms with Gasteiger partial charge in [-0.25, -0.2) is 26.5 Å². The van der Waals surface area contributed by atoms with E-state index >= 15 is 0 Å². The lowest BCUT2D eigenvalue weighted by Crippen LogP contribution is -2.39. The summed E-state index contributed by atoms with van der Waals surface area (Å²) in [5.74, 6) is -1.02. The number of anilines is 3. The van der Waals surface area contributed by atoms with Crippen LogP contribution in [0, 0.1) is 5.92 Å². The molecule has 1 aliphatic carbocycles. The predicted octanol–water partition coefficient (Wildman–Crippen LogP) is 3.93. The third-order valence-corrected chi connectivity index (χ3v) is 9.56. The van der Waals surface area contributed by atoms with Crippen LogP contribution in [0.25, 0.3) is 0 Å². The van der Waals surface area contributed by atoms with Crippen LogP contribution in [0.3, 0.4) is 0 Å². The van der Waals surface area contributed by atoms with Gasteiger partial charge < -0.3 is 0 Å². The number of pyridine rings is 1. The second kappa shape index (κ2) is 8.77. The number of hydrogen-bond donors (Lipinski definition) is 1. The number of alkyl halides is 3. The maximum Gasteiger partial charge on any atom is 0.501 e. The number of nitrogens with zero attached hydrogens (tertiary/aromatic N) is 3. The van der Waals surface area contributed by atoms with Crippen LogP contribution in [-0.2, 0) is 24.7 Å². The Morgan fingerprint density at radius 2 is 1.56 bits per heavy atom. The molecule has 2 aromatic carbocycles. The third-order valence-electron chi connectivity index (χ3n) is 6.67. The van der Waals surface area contributed by atoms with Crippen LogP contribution in [0.5, 0.6) is 0 Å². The maximum atomic E-state index is 13.7. The van der Waals surface area contributed by atoms with E-state index in [1.165, 1.54) is 42.7 Å². The number of sulfonamides is 1. The first kappa shape index (κ1) is 26.6. The lowest BCUT2D eigenvalue weighted by molar-refractivity contribution is -0.119. The molecule has 1 aromatic heterocycles. The average molecular weight is 581 g/mol. The normalized spacial score (nSPS) is 21.5. The number of nitrogens with one attached hydrogen (secondary N) is 1. The van der Waals surface area contributed by atoms with Crippen molar-refractivity contribution in [1.82, 2.24) is 4.98 Å². The molecule has 5 rings (SSSR count). The van der Waals surface area contributed by atoms with Gasteiger partial charge in [-0.15, -0.1) is 0 Å². The minimum atomic E-state index is -5.63. The van der Waals surface area contributed by atoms with Gasteiger partial charge in [0.1, 0.15) is 5.54 Å². The van der Waals surface area contributed by atoms with Crippen LogP contribution in [-0.4, -0.2) is 44.8 Å². The van der Waals surface area contributed by atoms with E-state index in [4.69, 9.17) is 0 Å². The third kappa shape index (κ3) is 4.12. The van der Waals surface area contributed by atoms with Crippen molar-refractivity contribution >= 4 is 48.9 Å². The molecule has 1 saturated carbocycles. The number of urea groups is 1. The van der Waals surface area contributed by atoms with Crippen LogP contribution >= 0.6 is 0 Å². The van der Waals surface area contributed by atoms with Gasteiger partial charge in [-0.3, -0.25) is 19.4 Å². The zero-order valence-electron chi connectivity index (χ0n) is 20.0. The molecular weight excluding hydrogens is 561 g/mol. The highest BCUT2D eigenvalue weighted by atomic mass is 32.2. The van der Waals surface area contributed by atoms with E-state index < -0.39 is 47.7 Å². The van der Waals surface area contributed by atoms with Gasteiger partial charge in [-0.2, -0.15) is 13.2 Å². The summed E-state index contributed by atoms with van der Waals surface area (Å²) in [5, 5.41) is 0. The quantitative estimate of drug-likeness (QED) is 0.437. The second-order valence-corrected chi connectivity index (χ2v) is 12.7. The Bertz CT molecular complexity index is 1700. The zero-order valence-corrected chi connectivity index (χ0v) is 21.6. The number of hydrogen-bond acceptors (Lipinski definition) is 7. The van der Waals surface area contributed by atoms with E-state index in [9.17, 15) is 39.6 Å². The van der Waals surface area contributed by atoms with E-state index in [2.05, 4.69) is 9.71 Å². The first-order valence-electron chi connectivity index (χ1n) is 11.3. The number of imide groups is 1. The monoisotopic (exact) mass is 580 g/mol. The van der Waals surface area contributed by atoms with Crippen LogP contribution in [0.15, 0.2) is 82.8 Å². The van der Waals surface area contributed by atoms with E-state index in [1.54, 1.807) is 13.0 Å². The van der Waals surface area contributed by atoms with Crippen molar-refractivity contribution in [2.45, 2.75) is 34.2 Å². The molecule has 2 atom stereocenters. The Hall–Kier alpha value is -3.98. The zero-order chi connectivity index (χ0) is 28.4. The van der Waals surface area contributed by atoms with Crippen LogP contribution in [0.4, 0.5) is 35.0 Å². The average Bonchev–Trinajstić information content (AvgIpc) is 3.50. The molecule has 0 radical (unpaired) electrons. The van der Waals surface area contributed by atoms with Crippen LogP contribution < -0.4 is 14.5 Å². The molecule has 15 heteroatoms. The number of aromatic nitrogens is 1. The minimum Gasteiger partial charge on any atom is -0.276 e. The number of amides is 3. The van der Waals surface area contributed by atoms with Gasteiger partial charge in [0.15, 0.2) is 0 Å². The van der Waals surface area contributed by atoms with Crippen LogP contribution in [0.1, 0.15) is 13.3 Å². The number of benzene rings is 2. The summed E-state index contributed by atoms with van der Waals surface area (Å²) < 4.78 is 90.6. The fourth-order valence-electron chi connectivity index (χ4n) is 4.58. The van der Waals surface area contributed by atoms with Gasteiger partial charge in [0.2, 0.25) is 0 Å². The Kier molecular flexibility index (Phi) is 5.99. The molecule has 0 bridgehead atoms. The highest BCUT2D eigenvalue weighted by molar-refractivity contribution is 7.92. The first-order chi connectivity index (χ1) is 18.2. The van der Waals surface area contributed by atoms with Gasteiger partial charge in [-0.1, -0.05) is 25.1 Å². The van der Waals surface area contributed by atoms with Crippen molar-refractivity contribution in [2.24, 2.45) is 5.92 Å². The maximum absolute atomic E-state index is 13.7. The summed E-state index contributed by atoms with van der Waals surface area (Å²) in [7, 11) is -9.73. The molecule has 1 aliphatic heterocycles. The highest BCUT2D eigenvalue weighted by Gasteiger charge is 2.71. The first-order valence-corrected chi connectivity index (χ1v) is 14.3. The number of carbonyl (C=O) groups is 2. The van der Waals surface area contributed by atoms with Gasteiger partial charge in [0.05, 0.1) is 33.0 Å². The SMILES string of the molecule is CC1CC12C(=O)N(c1ccc(S(=O)(=O)C(F)(F)F)cc1)C(=O)N2c1ccncc1NS(=O)(=O)c1ccccc1. The highest BCUT2D eigenvalue weighted by Crippen LogP contribution is 2.56. The number of carbonyl (C=O) groups excluding carboxylic acids is 2. The van der Waals surface area contributed by atoms with E-state index in [-0.39, 0.29) is 34.3 Å². The molecule has 1 saturated heterocycles. The largest absolute Gasteiger partial charge is 0.501 e. The van der Waals surface area contributed by atoms with Crippen LogP contribution in [0.2, 0.25) is 0 Å². The van der Waals surface area contributed by atoms with E-state index in [0.29, 0.717) is 12.1 Å². The summed E-state index contributed by atoms with van der Waals surface area (Å²) in [6, 6.07) is 11.1. The van der Waals surface area contributed by atoms with Crippen molar-refractivity contribution < 1.29 is 39.6 Å². The standard InChI is InChI=1S/C24H19F3N4O6S2/c1-15-13-23(15)21(32)30(16-7-9-17(10-8-16)38(34,35)24(25,26)27)22(33)31(23)20-11-12-28-14-19(20)29-39(36,37)18-5-3-2-4-6-18/h2-12,14-15,29H,13H2,1H3. The van der Waals surface area contributed by atoms with Crippen molar-refractivity contribution in [2.75, 3.05) is 14.5 Å².